The Labute approximate surface area is 154 Å². The second kappa shape index (κ2) is 7.09. The average Bonchev–Trinajstić information content (AvgIpc) is 3.41. The lowest BCUT2D eigenvalue weighted by molar-refractivity contribution is 0.0930. The SMILES string of the molecule is CC[C@H](NC(=O)c1cc(Cn2cnc3ccccc32)[nH]n1)c1nccs1. The summed E-state index contributed by atoms with van der Waals surface area (Å²) in [5.41, 5.74) is 3.21. The van der Waals surface area contributed by atoms with Gasteiger partial charge in [0.25, 0.3) is 5.91 Å². The van der Waals surface area contributed by atoms with Gasteiger partial charge in [-0.15, -0.1) is 11.3 Å². The Balaban J connectivity index is 1.48. The zero-order chi connectivity index (χ0) is 17.9. The second-order valence-corrected chi connectivity index (χ2v) is 6.87. The first-order valence-corrected chi connectivity index (χ1v) is 9.27. The number of amides is 1. The molecule has 0 aliphatic rings. The lowest BCUT2D eigenvalue weighted by Crippen LogP contribution is -2.28. The van der Waals surface area contributed by atoms with E-state index in [0.717, 1.165) is 28.2 Å². The molecule has 7 nitrogen and oxygen atoms in total. The number of aromatic nitrogens is 5. The summed E-state index contributed by atoms with van der Waals surface area (Å²) in [4.78, 5) is 21.2. The molecule has 2 N–H and O–H groups in total. The van der Waals surface area contributed by atoms with E-state index in [1.54, 1.807) is 18.6 Å². The molecule has 0 unspecified atom stereocenters. The number of para-hydroxylation sites is 2. The fourth-order valence-electron chi connectivity index (χ4n) is 2.86. The van der Waals surface area contributed by atoms with Gasteiger partial charge in [0.05, 0.1) is 35.6 Å². The van der Waals surface area contributed by atoms with Crippen molar-refractivity contribution in [1.82, 2.24) is 30.0 Å². The predicted molar refractivity (Wildman–Crippen MR) is 100 cm³/mol. The van der Waals surface area contributed by atoms with Gasteiger partial charge >= 0.3 is 0 Å². The molecule has 0 saturated carbocycles. The molecule has 0 fully saturated rings. The average molecular weight is 366 g/mol. The lowest BCUT2D eigenvalue weighted by Gasteiger charge is -2.13. The number of benzene rings is 1. The second-order valence-electron chi connectivity index (χ2n) is 5.94. The van der Waals surface area contributed by atoms with Gasteiger partial charge in [0.1, 0.15) is 10.7 Å². The van der Waals surface area contributed by atoms with Gasteiger partial charge in [-0.2, -0.15) is 5.10 Å². The molecule has 132 valence electrons. The number of nitrogens with one attached hydrogen (secondary N) is 2. The molecule has 26 heavy (non-hydrogen) atoms. The zero-order valence-electron chi connectivity index (χ0n) is 14.2. The highest BCUT2D eigenvalue weighted by Crippen LogP contribution is 2.19. The summed E-state index contributed by atoms with van der Waals surface area (Å²) in [5, 5.41) is 12.9. The van der Waals surface area contributed by atoms with E-state index >= 15 is 0 Å². The van der Waals surface area contributed by atoms with Crippen LogP contribution in [0.25, 0.3) is 11.0 Å². The normalized spacial score (nSPS) is 12.3. The van der Waals surface area contributed by atoms with E-state index in [1.807, 2.05) is 41.1 Å². The Hall–Kier alpha value is -3.00. The fourth-order valence-corrected chi connectivity index (χ4v) is 3.63. The lowest BCUT2D eigenvalue weighted by atomic mass is 10.2. The van der Waals surface area contributed by atoms with Crippen LogP contribution in [-0.2, 0) is 6.54 Å². The Kier molecular flexibility index (Phi) is 4.49. The van der Waals surface area contributed by atoms with Crippen LogP contribution in [0.15, 0.2) is 48.2 Å². The third kappa shape index (κ3) is 3.23. The standard InChI is InChI=1S/C18H18N6OS/c1-2-13(18-19-7-8-26-18)21-17(25)15-9-12(22-23-15)10-24-11-20-14-5-3-4-6-16(14)24/h3-9,11,13H,2,10H2,1H3,(H,21,25)(H,22,23)/t13-/m0/s1. The van der Waals surface area contributed by atoms with Crippen molar-refractivity contribution in [3.05, 3.63) is 64.6 Å². The van der Waals surface area contributed by atoms with Crippen LogP contribution in [0.5, 0.6) is 0 Å². The minimum atomic E-state index is -0.204. The van der Waals surface area contributed by atoms with E-state index in [-0.39, 0.29) is 11.9 Å². The molecule has 4 aromatic rings. The van der Waals surface area contributed by atoms with Crippen LogP contribution in [0.1, 0.15) is 40.6 Å². The molecule has 3 aromatic heterocycles. The molecule has 3 heterocycles. The Morgan fingerprint density at radius 1 is 1.35 bits per heavy atom. The molecule has 4 rings (SSSR count). The summed E-state index contributed by atoms with van der Waals surface area (Å²) >= 11 is 1.54. The Bertz CT molecular complexity index is 1020. The number of hydrogen-bond acceptors (Lipinski definition) is 5. The van der Waals surface area contributed by atoms with E-state index in [4.69, 9.17) is 0 Å². The fraction of sp³-hybridized carbons (Fsp3) is 0.222. The maximum atomic E-state index is 12.5. The molecular formula is C18H18N6OS. The first-order valence-electron chi connectivity index (χ1n) is 8.39. The molecule has 0 radical (unpaired) electrons. The van der Waals surface area contributed by atoms with Crippen LogP contribution >= 0.6 is 11.3 Å². The maximum absolute atomic E-state index is 12.5. The number of imidazole rings is 1. The van der Waals surface area contributed by atoms with Crippen molar-refractivity contribution < 1.29 is 4.79 Å². The van der Waals surface area contributed by atoms with Crippen molar-refractivity contribution in [2.75, 3.05) is 0 Å². The number of fused-ring (bicyclic) bond motifs is 1. The molecule has 0 aliphatic heterocycles. The van der Waals surface area contributed by atoms with Gasteiger partial charge in [0.2, 0.25) is 0 Å². The number of thiazole rings is 1. The highest BCUT2D eigenvalue weighted by molar-refractivity contribution is 7.09. The molecule has 0 bridgehead atoms. The number of H-pyrrole nitrogens is 1. The molecule has 0 saturated heterocycles. The van der Waals surface area contributed by atoms with Crippen LogP contribution in [0.4, 0.5) is 0 Å². The van der Waals surface area contributed by atoms with Crippen molar-refractivity contribution in [2.45, 2.75) is 25.9 Å². The third-order valence-electron chi connectivity index (χ3n) is 4.19. The van der Waals surface area contributed by atoms with E-state index < -0.39 is 0 Å². The number of aromatic amines is 1. The van der Waals surface area contributed by atoms with E-state index in [9.17, 15) is 4.79 Å². The van der Waals surface area contributed by atoms with Crippen molar-refractivity contribution in [2.24, 2.45) is 0 Å². The van der Waals surface area contributed by atoms with Crippen LogP contribution < -0.4 is 5.32 Å². The molecular weight excluding hydrogens is 348 g/mol. The quantitative estimate of drug-likeness (QED) is 0.549. The van der Waals surface area contributed by atoms with Gasteiger partial charge in [-0.05, 0) is 24.6 Å². The smallest absolute Gasteiger partial charge is 0.272 e. The Morgan fingerprint density at radius 3 is 3.04 bits per heavy atom. The van der Waals surface area contributed by atoms with Gasteiger partial charge in [0, 0.05) is 11.6 Å². The topological polar surface area (TPSA) is 88.5 Å². The van der Waals surface area contributed by atoms with Gasteiger partial charge < -0.3 is 9.88 Å². The summed E-state index contributed by atoms with van der Waals surface area (Å²) < 4.78 is 2.02. The molecule has 1 amide bonds. The van der Waals surface area contributed by atoms with Crippen LogP contribution in [0.3, 0.4) is 0 Å². The number of carbonyl (C=O) groups excluding carboxylic acids is 1. The zero-order valence-corrected chi connectivity index (χ0v) is 15.0. The monoisotopic (exact) mass is 366 g/mol. The summed E-state index contributed by atoms with van der Waals surface area (Å²) in [6.07, 6.45) is 4.31. The molecule has 1 aromatic carbocycles. The van der Waals surface area contributed by atoms with Crippen LogP contribution in [0, 0.1) is 0 Å². The third-order valence-corrected chi connectivity index (χ3v) is 5.08. The molecule has 8 heteroatoms. The molecule has 0 spiro atoms. The maximum Gasteiger partial charge on any atom is 0.272 e. The van der Waals surface area contributed by atoms with Gasteiger partial charge in [-0.3, -0.25) is 9.89 Å². The molecule has 0 aliphatic carbocycles. The Morgan fingerprint density at radius 2 is 2.23 bits per heavy atom. The summed E-state index contributed by atoms with van der Waals surface area (Å²) in [6.45, 7) is 2.59. The van der Waals surface area contributed by atoms with E-state index in [2.05, 4.69) is 25.5 Å². The van der Waals surface area contributed by atoms with Crippen molar-refractivity contribution in [3.8, 4) is 0 Å². The van der Waals surface area contributed by atoms with Gasteiger partial charge in [-0.25, -0.2) is 9.97 Å². The number of carbonyl (C=O) groups is 1. The summed E-state index contributed by atoms with van der Waals surface area (Å²) in [6, 6.07) is 9.62. The number of hydrogen-bond donors (Lipinski definition) is 2. The van der Waals surface area contributed by atoms with Crippen LogP contribution in [-0.4, -0.2) is 30.6 Å². The summed E-state index contributed by atoms with van der Waals surface area (Å²) in [5.74, 6) is -0.204. The van der Waals surface area contributed by atoms with Crippen molar-refractivity contribution in [3.63, 3.8) is 0 Å². The van der Waals surface area contributed by atoms with E-state index in [0.29, 0.717) is 12.2 Å². The van der Waals surface area contributed by atoms with Gasteiger partial charge in [0.15, 0.2) is 0 Å². The van der Waals surface area contributed by atoms with E-state index in [1.165, 1.54) is 11.3 Å². The van der Waals surface area contributed by atoms with Crippen LogP contribution in [0.2, 0.25) is 0 Å². The number of nitrogens with zero attached hydrogens (tertiary/aromatic N) is 4. The number of rotatable bonds is 6. The molecule has 1 atom stereocenters. The van der Waals surface area contributed by atoms with Gasteiger partial charge in [-0.1, -0.05) is 19.1 Å². The highest BCUT2D eigenvalue weighted by atomic mass is 32.1. The first kappa shape index (κ1) is 16.5. The predicted octanol–water partition coefficient (Wildman–Crippen LogP) is 3.15. The summed E-state index contributed by atoms with van der Waals surface area (Å²) in [7, 11) is 0. The highest BCUT2D eigenvalue weighted by Gasteiger charge is 2.18. The van der Waals surface area contributed by atoms with Crippen molar-refractivity contribution in [1.29, 1.82) is 0 Å². The van der Waals surface area contributed by atoms with Crippen molar-refractivity contribution >= 4 is 28.3 Å². The minimum Gasteiger partial charge on any atom is -0.341 e. The largest absolute Gasteiger partial charge is 0.341 e. The first-order chi connectivity index (χ1) is 12.7. The minimum absolute atomic E-state index is 0.0970.